The number of hydrogen-bond donors (Lipinski definition) is 2. The molecule has 0 radical (unpaired) electrons. The molecule has 0 fully saturated rings. The average molecular weight is 443 g/mol. The molecular formula is C25H21N3O5. The van der Waals surface area contributed by atoms with E-state index in [1.807, 2.05) is 22.9 Å². The van der Waals surface area contributed by atoms with Gasteiger partial charge >= 0.3 is 0 Å². The SMILES string of the molecule is O=C(C1=C(O)C(=O)N(CCCn2ccnc2)[C@H]1c1ccc(O)cc1)c1cc2ccccc2o1. The Bertz CT molecular complexity index is 1320. The fraction of sp³-hybridized carbons (Fsp3) is 0.160. The zero-order chi connectivity index (χ0) is 22.9. The molecule has 0 unspecified atom stereocenters. The summed E-state index contributed by atoms with van der Waals surface area (Å²) in [5.74, 6) is -1.63. The lowest BCUT2D eigenvalue weighted by molar-refractivity contribution is -0.129. The lowest BCUT2D eigenvalue weighted by Crippen LogP contribution is -2.32. The van der Waals surface area contributed by atoms with Gasteiger partial charge in [-0.05, 0) is 36.2 Å². The highest BCUT2D eigenvalue weighted by atomic mass is 16.3. The minimum atomic E-state index is -0.804. The molecule has 8 nitrogen and oxygen atoms in total. The molecule has 0 bridgehead atoms. The minimum absolute atomic E-state index is 0.0348. The van der Waals surface area contributed by atoms with Gasteiger partial charge in [0.15, 0.2) is 11.5 Å². The van der Waals surface area contributed by atoms with Gasteiger partial charge < -0.3 is 24.1 Å². The number of imidazole rings is 1. The summed E-state index contributed by atoms with van der Waals surface area (Å²) in [4.78, 5) is 32.0. The molecule has 1 aliphatic heterocycles. The number of ketones is 1. The molecule has 0 saturated carbocycles. The third-order valence-corrected chi connectivity index (χ3v) is 5.78. The summed E-state index contributed by atoms with van der Waals surface area (Å²) in [6, 6.07) is 14.3. The number of rotatable bonds is 7. The summed E-state index contributed by atoms with van der Waals surface area (Å²) in [7, 11) is 0. The van der Waals surface area contributed by atoms with Crippen LogP contribution in [0.1, 0.15) is 28.6 Å². The van der Waals surface area contributed by atoms with Gasteiger partial charge in [0.25, 0.3) is 5.91 Å². The van der Waals surface area contributed by atoms with Crippen LogP contribution in [0.5, 0.6) is 5.75 Å². The molecule has 2 N–H and O–H groups in total. The van der Waals surface area contributed by atoms with E-state index in [0.717, 1.165) is 5.39 Å². The number of carbonyl (C=O) groups excluding carboxylic acids is 2. The largest absolute Gasteiger partial charge is 0.508 e. The third-order valence-electron chi connectivity index (χ3n) is 5.78. The number of aromatic nitrogens is 2. The van der Waals surface area contributed by atoms with Gasteiger partial charge in [-0.1, -0.05) is 30.3 Å². The molecule has 33 heavy (non-hydrogen) atoms. The van der Waals surface area contributed by atoms with Crippen molar-refractivity contribution < 1.29 is 24.2 Å². The number of hydrogen-bond acceptors (Lipinski definition) is 6. The Morgan fingerprint density at radius 1 is 1.06 bits per heavy atom. The van der Waals surface area contributed by atoms with E-state index in [9.17, 15) is 19.8 Å². The van der Waals surface area contributed by atoms with Crippen LogP contribution in [0.15, 0.2) is 89.1 Å². The topological polar surface area (TPSA) is 109 Å². The molecule has 0 saturated heterocycles. The first kappa shape index (κ1) is 20.6. The van der Waals surface area contributed by atoms with Gasteiger partial charge in [0.2, 0.25) is 5.78 Å². The van der Waals surface area contributed by atoms with Gasteiger partial charge in [0, 0.05) is 30.9 Å². The molecule has 3 heterocycles. The van der Waals surface area contributed by atoms with E-state index in [1.165, 1.54) is 17.0 Å². The van der Waals surface area contributed by atoms with Crippen LogP contribution in [0.2, 0.25) is 0 Å². The van der Waals surface area contributed by atoms with Crippen molar-refractivity contribution in [2.24, 2.45) is 0 Å². The van der Waals surface area contributed by atoms with E-state index >= 15 is 0 Å². The standard InChI is InChI=1S/C25H21N3O5/c29-18-8-6-16(7-9-18)22-21(23(30)20-14-17-4-1-2-5-19(17)33-20)24(31)25(32)28(22)12-3-11-27-13-10-26-15-27/h1-2,4-10,13-15,22,29,31H,3,11-12H2/t22-/m0/s1. The van der Waals surface area contributed by atoms with Crippen molar-refractivity contribution in [3.8, 4) is 5.75 Å². The fourth-order valence-corrected chi connectivity index (χ4v) is 4.19. The molecule has 8 heteroatoms. The van der Waals surface area contributed by atoms with E-state index in [1.54, 1.807) is 42.9 Å². The Labute approximate surface area is 189 Å². The van der Waals surface area contributed by atoms with Gasteiger partial charge in [-0.25, -0.2) is 4.98 Å². The number of aryl methyl sites for hydroxylation is 1. The number of aliphatic hydroxyl groups excluding tert-OH is 1. The van der Waals surface area contributed by atoms with Crippen LogP contribution in [-0.2, 0) is 11.3 Å². The number of Topliss-reactive ketones (excluding diaryl/α,β-unsaturated/α-hetero) is 1. The second kappa shape index (κ2) is 8.31. The van der Waals surface area contributed by atoms with Gasteiger partial charge in [0.05, 0.1) is 17.9 Å². The molecular weight excluding hydrogens is 422 g/mol. The summed E-state index contributed by atoms with van der Waals surface area (Å²) in [6.45, 7) is 0.934. The maximum atomic E-state index is 13.5. The number of furan rings is 1. The Balaban J connectivity index is 1.50. The fourth-order valence-electron chi connectivity index (χ4n) is 4.19. The number of carbonyl (C=O) groups is 2. The Morgan fingerprint density at radius 2 is 1.85 bits per heavy atom. The smallest absolute Gasteiger partial charge is 0.290 e. The normalized spacial score (nSPS) is 16.2. The van der Waals surface area contributed by atoms with Crippen LogP contribution in [0, 0.1) is 0 Å². The molecule has 0 aliphatic carbocycles. The number of phenolic OH excluding ortho intramolecular Hbond substituents is 1. The van der Waals surface area contributed by atoms with E-state index in [2.05, 4.69) is 4.98 Å². The van der Waals surface area contributed by atoms with Crippen LogP contribution < -0.4 is 0 Å². The van der Waals surface area contributed by atoms with Crippen molar-refractivity contribution in [1.82, 2.24) is 14.5 Å². The quantitative estimate of drug-likeness (QED) is 0.418. The Morgan fingerprint density at radius 3 is 2.58 bits per heavy atom. The first-order valence-corrected chi connectivity index (χ1v) is 10.5. The summed E-state index contributed by atoms with van der Waals surface area (Å²) in [6.07, 6.45) is 5.79. The van der Waals surface area contributed by atoms with Gasteiger partial charge in [-0.2, -0.15) is 0 Å². The monoisotopic (exact) mass is 443 g/mol. The van der Waals surface area contributed by atoms with Gasteiger partial charge in [0.1, 0.15) is 11.3 Å². The van der Waals surface area contributed by atoms with E-state index in [4.69, 9.17) is 4.42 Å². The van der Waals surface area contributed by atoms with Crippen LogP contribution in [-0.4, -0.2) is 42.9 Å². The molecule has 2 aromatic carbocycles. The number of aromatic hydroxyl groups is 1. The first-order chi connectivity index (χ1) is 16.0. The highest BCUT2D eigenvalue weighted by Crippen LogP contribution is 2.40. The Hall–Kier alpha value is -4.33. The lowest BCUT2D eigenvalue weighted by Gasteiger charge is -2.26. The molecule has 1 aliphatic rings. The van der Waals surface area contributed by atoms with E-state index in [-0.39, 0.29) is 17.1 Å². The zero-order valence-corrected chi connectivity index (χ0v) is 17.6. The van der Waals surface area contributed by atoms with Crippen molar-refractivity contribution in [1.29, 1.82) is 0 Å². The minimum Gasteiger partial charge on any atom is -0.508 e. The second-order valence-corrected chi connectivity index (χ2v) is 7.89. The number of phenols is 1. The zero-order valence-electron chi connectivity index (χ0n) is 17.6. The van der Waals surface area contributed by atoms with Crippen molar-refractivity contribution in [3.63, 3.8) is 0 Å². The van der Waals surface area contributed by atoms with Crippen LogP contribution in [0.25, 0.3) is 11.0 Å². The van der Waals surface area contributed by atoms with Crippen molar-refractivity contribution >= 4 is 22.7 Å². The molecule has 2 aromatic heterocycles. The number of fused-ring (bicyclic) bond motifs is 1. The predicted octanol–water partition coefficient (Wildman–Crippen LogP) is 4.00. The van der Waals surface area contributed by atoms with Gasteiger partial charge in [-0.3, -0.25) is 9.59 Å². The maximum Gasteiger partial charge on any atom is 0.290 e. The Kier molecular flexibility index (Phi) is 5.18. The molecule has 166 valence electrons. The first-order valence-electron chi connectivity index (χ1n) is 10.5. The summed E-state index contributed by atoms with van der Waals surface area (Å²) in [5, 5.41) is 21.2. The average Bonchev–Trinajstić information content (AvgIpc) is 3.54. The van der Waals surface area contributed by atoms with Crippen LogP contribution >= 0.6 is 0 Å². The molecule has 1 atom stereocenters. The second-order valence-electron chi connectivity index (χ2n) is 7.89. The highest BCUT2D eigenvalue weighted by Gasteiger charge is 2.44. The number of amides is 1. The third kappa shape index (κ3) is 3.76. The molecule has 0 spiro atoms. The summed E-state index contributed by atoms with van der Waals surface area (Å²) in [5.41, 5.74) is 1.11. The lowest BCUT2D eigenvalue weighted by atomic mass is 9.95. The van der Waals surface area contributed by atoms with Crippen LogP contribution in [0.4, 0.5) is 0 Å². The molecule has 1 amide bonds. The van der Waals surface area contributed by atoms with E-state index < -0.39 is 23.5 Å². The van der Waals surface area contributed by atoms with Crippen molar-refractivity contribution in [2.75, 3.05) is 6.54 Å². The number of aliphatic hydroxyl groups is 1. The molecule has 5 rings (SSSR count). The van der Waals surface area contributed by atoms with Crippen molar-refractivity contribution in [2.45, 2.75) is 19.0 Å². The predicted molar refractivity (Wildman–Crippen MR) is 120 cm³/mol. The summed E-state index contributed by atoms with van der Waals surface area (Å²) < 4.78 is 7.61. The number of benzene rings is 2. The van der Waals surface area contributed by atoms with Crippen LogP contribution in [0.3, 0.4) is 0 Å². The summed E-state index contributed by atoms with van der Waals surface area (Å²) >= 11 is 0. The maximum absolute atomic E-state index is 13.5. The number of para-hydroxylation sites is 1. The number of nitrogens with zero attached hydrogens (tertiary/aromatic N) is 3. The van der Waals surface area contributed by atoms with E-state index in [0.29, 0.717) is 30.7 Å². The van der Waals surface area contributed by atoms with Crippen molar-refractivity contribution in [3.05, 3.63) is 96.0 Å². The molecule has 4 aromatic rings. The highest BCUT2D eigenvalue weighted by molar-refractivity contribution is 6.16. The van der Waals surface area contributed by atoms with Gasteiger partial charge in [-0.15, -0.1) is 0 Å².